The van der Waals surface area contributed by atoms with Crippen molar-refractivity contribution in [3.05, 3.63) is 148 Å². The number of aromatic nitrogens is 3. The molecule has 1 atom stereocenters. The SMILES string of the molecule is CCNC(=O)C[C@@H]1N=C(c2ccc(Cl)cc2)c2cc(OCC(=O)NCc3cccc(C4CCN(C(=O)c5cccc6ccc(B(O)O)cc56)CC4)c3)ccc2-n2c(C)nnc21. The average Bonchev–Trinajstić information content (AvgIpc) is 3.60. The van der Waals surface area contributed by atoms with Gasteiger partial charge in [0.2, 0.25) is 5.91 Å². The van der Waals surface area contributed by atoms with Gasteiger partial charge in [0, 0.05) is 47.9 Å². The lowest BCUT2D eigenvalue weighted by molar-refractivity contribution is -0.123. The van der Waals surface area contributed by atoms with E-state index < -0.39 is 13.2 Å². The summed E-state index contributed by atoms with van der Waals surface area (Å²) >= 11 is 6.26. The number of halogens is 1. The van der Waals surface area contributed by atoms with Crippen LogP contribution >= 0.6 is 11.6 Å². The molecule has 2 aliphatic rings. The number of nitrogens with one attached hydrogen (secondary N) is 2. The van der Waals surface area contributed by atoms with Crippen molar-refractivity contribution < 1.29 is 29.2 Å². The number of carbonyl (C=O) groups is 3. The first-order valence-electron chi connectivity index (χ1n) is 20.4. The van der Waals surface area contributed by atoms with Gasteiger partial charge in [-0.2, -0.15) is 0 Å². The number of hydrogen-bond donors (Lipinski definition) is 4. The Morgan fingerprint density at radius 2 is 1.67 bits per heavy atom. The quantitative estimate of drug-likeness (QED) is 0.122. The number of fused-ring (bicyclic) bond motifs is 4. The normalized spacial score (nSPS) is 15.0. The van der Waals surface area contributed by atoms with Crippen LogP contribution in [-0.2, 0) is 16.1 Å². The second-order valence-corrected chi connectivity index (χ2v) is 15.8. The fraction of sp³-hybridized carbons (Fsp3) is 0.261. The molecule has 0 bridgehead atoms. The van der Waals surface area contributed by atoms with Gasteiger partial charge in [0.1, 0.15) is 17.6 Å². The fourth-order valence-corrected chi connectivity index (χ4v) is 8.29. The Morgan fingerprint density at radius 1 is 0.885 bits per heavy atom. The van der Waals surface area contributed by atoms with Crippen LogP contribution in [0.5, 0.6) is 5.75 Å². The van der Waals surface area contributed by atoms with Crippen LogP contribution in [0.2, 0.25) is 5.02 Å². The summed E-state index contributed by atoms with van der Waals surface area (Å²) in [5, 5.41) is 36.2. The molecular weight excluding hydrogens is 793 g/mol. The van der Waals surface area contributed by atoms with Crippen LogP contribution in [0.4, 0.5) is 0 Å². The monoisotopic (exact) mass is 837 g/mol. The van der Waals surface area contributed by atoms with Gasteiger partial charge in [-0.1, -0.05) is 78.3 Å². The maximum absolute atomic E-state index is 13.7. The Labute approximate surface area is 358 Å². The minimum atomic E-state index is -1.62. The van der Waals surface area contributed by atoms with Crippen LogP contribution in [0.3, 0.4) is 0 Å². The van der Waals surface area contributed by atoms with Crippen molar-refractivity contribution in [3.63, 3.8) is 0 Å². The highest BCUT2D eigenvalue weighted by Gasteiger charge is 2.31. The molecule has 0 aliphatic carbocycles. The standard InChI is InChI=1S/C46H45BClN7O6/c1-3-49-42(56)25-40-45-53-52-28(2)55(45)41-17-16-36(24-39(41)44(51-40)32-11-14-35(48)15-12-32)61-27-43(57)50-26-29-6-4-8-33(22-29)30-18-20-54(21-19-30)46(58)37-9-5-7-31-10-13-34(47(59)60)23-38(31)37/h4-17,22-24,30,40,59-60H,3,18-21,25-27H2,1-2H3,(H,49,56)(H,50,57)/t40-/m0/s1. The highest BCUT2D eigenvalue weighted by atomic mass is 35.5. The molecule has 1 saturated heterocycles. The van der Waals surface area contributed by atoms with Crippen molar-refractivity contribution in [2.75, 3.05) is 26.2 Å². The number of likely N-dealkylation sites (tertiary alicyclic amines) is 1. The van der Waals surface area contributed by atoms with E-state index >= 15 is 0 Å². The number of aliphatic imine (C=N–C) groups is 1. The van der Waals surface area contributed by atoms with Crippen LogP contribution in [0.15, 0.2) is 108 Å². The summed E-state index contributed by atoms with van der Waals surface area (Å²) in [6.45, 7) is 5.50. The van der Waals surface area contributed by atoms with Gasteiger partial charge in [-0.05, 0) is 96.4 Å². The first kappa shape index (κ1) is 41.4. The van der Waals surface area contributed by atoms with E-state index in [4.69, 9.17) is 21.3 Å². The summed E-state index contributed by atoms with van der Waals surface area (Å²) in [5.74, 6) is 1.39. The predicted octanol–water partition coefficient (Wildman–Crippen LogP) is 5.20. The highest BCUT2D eigenvalue weighted by molar-refractivity contribution is 6.59. The number of nitrogens with zero attached hydrogens (tertiary/aromatic N) is 5. The summed E-state index contributed by atoms with van der Waals surface area (Å²) in [7, 11) is -1.62. The van der Waals surface area contributed by atoms with Crippen LogP contribution in [-0.4, -0.2) is 86.5 Å². The largest absolute Gasteiger partial charge is 0.488 e. The molecule has 0 unspecified atom stereocenters. The van der Waals surface area contributed by atoms with E-state index in [0.717, 1.165) is 46.2 Å². The third-order valence-electron chi connectivity index (χ3n) is 11.3. The molecule has 3 heterocycles. The molecule has 61 heavy (non-hydrogen) atoms. The number of benzene rings is 5. The molecule has 8 rings (SSSR count). The van der Waals surface area contributed by atoms with Crippen molar-refractivity contribution in [3.8, 4) is 11.4 Å². The summed E-state index contributed by atoms with van der Waals surface area (Å²) in [6, 6.07) is 31.1. The Balaban J connectivity index is 0.914. The van der Waals surface area contributed by atoms with E-state index in [1.165, 1.54) is 0 Å². The predicted molar refractivity (Wildman–Crippen MR) is 235 cm³/mol. The number of carbonyl (C=O) groups excluding carboxylic acids is 3. The lowest BCUT2D eigenvalue weighted by Gasteiger charge is -2.32. The number of hydrogen-bond acceptors (Lipinski definition) is 9. The number of rotatable bonds is 12. The van der Waals surface area contributed by atoms with E-state index in [1.807, 2.05) is 71.8 Å². The molecule has 0 spiro atoms. The Morgan fingerprint density at radius 3 is 2.44 bits per heavy atom. The number of piperidine rings is 1. The highest BCUT2D eigenvalue weighted by Crippen LogP contribution is 2.35. The molecular formula is C46H45BClN7O6. The molecule has 5 aromatic carbocycles. The maximum atomic E-state index is 13.7. The second kappa shape index (κ2) is 18.1. The molecule has 1 fully saturated rings. The average molecular weight is 838 g/mol. The van der Waals surface area contributed by atoms with Gasteiger partial charge >= 0.3 is 7.12 Å². The van der Waals surface area contributed by atoms with E-state index in [9.17, 15) is 24.4 Å². The smallest absolute Gasteiger partial charge is 0.484 e. The zero-order chi connectivity index (χ0) is 42.6. The van der Waals surface area contributed by atoms with E-state index in [-0.39, 0.29) is 36.7 Å². The van der Waals surface area contributed by atoms with Gasteiger partial charge in [-0.15, -0.1) is 10.2 Å². The van der Waals surface area contributed by atoms with Gasteiger partial charge in [0.05, 0.1) is 17.8 Å². The number of aryl methyl sites for hydroxylation is 1. The van der Waals surface area contributed by atoms with E-state index in [1.54, 1.807) is 42.5 Å². The molecule has 0 saturated carbocycles. The van der Waals surface area contributed by atoms with Crippen LogP contribution in [0.1, 0.15) is 82.4 Å². The van der Waals surface area contributed by atoms with Gasteiger partial charge in [0.15, 0.2) is 12.4 Å². The Kier molecular flexibility index (Phi) is 12.3. The lowest BCUT2D eigenvalue weighted by atomic mass is 9.79. The maximum Gasteiger partial charge on any atom is 0.488 e. The Bertz CT molecular complexity index is 2640. The lowest BCUT2D eigenvalue weighted by Crippen LogP contribution is -2.38. The minimum Gasteiger partial charge on any atom is -0.484 e. The summed E-state index contributed by atoms with van der Waals surface area (Å²) in [5.41, 5.74) is 5.91. The van der Waals surface area contributed by atoms with Crippen LogP contribution in [0.25, 0.3) is 16.5 Å². The fourth-order valence-electron chi connectivity index (χ4n) is 8.17. The van der Waals surface area contributed by atoms with E-state index in [0.29, 0.717) is 70.7 Å². The van der Waals surface area contributed by atoms with E-state index in [2.05, 4.69) is 33.0 Å². The number of amides is 3. The van der Waals surface area contributed by atoms with Crippen molar-refractivity contribution in [2.24, 2.45) is 4.99 Å². The summed E-state index contributed by atoms with van der Waals surface area (Å²) in [6.07, 6.45) is 1.66. The second-order valence-electron chi connectivity index (χ2n) is 15.3. The molecule has 6 aromatic rings. The Hall–Kier alpha value is -6.35. The van der Waals surface area contributed by atoms with Gasteiger partial charge < -0.3 is 30.3 Å². The molecule has 0 radical (unpaired) electrons. The molecule has 310 valence electrons. The first-order valence-corrected chi connectivity index (χ1v) is 20.8. The number of ether oxygens (including phenoxy) is 1. The topological polar surface area (TPSA) is 171 Å². The van der Waals surface area contributed by atoms with Crippen molar-refractivity contribution in [2.45, 2.75) is 51.6 Å². The van der Waals surface area contributed by atoms with Gasteiger partial charge in [-0.25, -0.2) is 0 Å². The summed E-state index contributed by atoms with van der Waals surface area (Å²) < 4.78 is 7.97. The summed E-state index contributed by atoms with van der Waals surface area (Å²) in [4.78, 5) is 46.6. The molecule has 13 nitrogen and oxygen atoms in total. The zero-order valence-corrected chi connectivity index (χ0v) is 34.6. The van der Waals surface area contributed by atoms with Crippen LogP contribution in [0, 0.1) is 6.92 Å². The first-order chi connectivity index (χ1) is 29.6. The minimum absolute atomic E-state index is 0.0741. The van der Waals surface area contributed by atoms with Crippen molar-refractivity contribution in [1.82, 2.24) is 30.3 Å². The third-order valence-corrected chi connectivity index (χ3v) is 11.5. The molecule has 2 aliphatic heterocycles. The van der Waals surface area contributed by atoms with Gasteiger partial charge in [0.25, 0.3) is 11.8 Å². The molecule has 15 heteroatoms. The molecule has 4 N–H and O–H groups in total. The third kappa shape index (κ3) is 9.07. The van der Waals surface area contributed by atoms with Crippen molar-refractivity contribution >= 4 is 58.4 Å². The van der Waals surface area contributed by atoms with Crippen molar-refractivity contribution in [1.29, 1.82) is 0 Å². The molecule has 1 aromatic heterocycles. The molecule has 3 amide bonds. The van der Waals surface area contributed by atoms with Gasteiger partial charge in [-0.3, -0.25) is 23.9 Å². The van der Waals surface area contributed by atoms with Crippen LogP contribution < -0.4 is 20.8 Å². The zero-order valence-electron chi connectivity index (χ0n) is 33.8.